The van der Waals surface area contributed by atoms with Crippen LogP contribution >= 0.6 is 0 Å². The van der Waals surface area contributed by atoms with Crippen molar-refractivity contribution in [1.29, 1.82) is 0 Å². The van der Waals surface area contributed by atoms with Crippen molar-refractivity contribution in [3.05, 3.63) is 24.0 Å². The van der Waals surface area contributed by atoms with Crippen LogP contribution in [-0.2, 0) is 16.1 Å². The maximum absolute atomic E-state index is 11.6. The summed E-state index contributed by atoms with van der Waals surface area (Å²) in [6.07, 6.45) is 1.68. The van der Waals surface area contributed by atoms with E-state index in [1.54, 1.807) is 20.0 Å². The summed E-state index contributed by atoms with van der Waals surface area (Å²) in [4.78, 5) is 15.9. The van der Waals surface area contributed by atoms with Gasteiger partial charge in [-0.05, 0) is 38.4 Å². The Balaban J connectivity index is 2.46. The van der Waals surface area contributed by atoms with Crippen LogP contribution < -0.4 is 10.1 Å². The lowest BCUT2D eigenvalue weighted by Crippen LogP contribution is -2.32. The van der Waals surface area contributed by atoms with Crippen LogP contribution in [0.4, 0.5) is 0 Å². The second-order valence-corrected chi connectivity index (χ2v) is 6.17. The van der Waals surface area contributed by atoms with E-state index in [1.807, 2.05) is 12.1 Å². The Morgan fingerprint density at radius 2 is 2.10 bits per heavy atom. The fraction of sp³-hybridized carbons (Fsp3) is 0.625. The van der Waals surface area contributed by atoms with Crippen molar-refractivity contribution in [2.24, 2.45) is 11.3 Å². The van der Waals surface area contributed by atoms with Crippen molar-refractivity contribution >= 4 is 5.97 Å². The van der Waals surface area contributed by atoms with E-state index in [9.17, 15) is 4.79 Å². The molecular weight excluding hydrogens is 268 g/mol. The number of esters is 1. The molecule has 1 aromatic rings. The molecule has 0 aromatic carbocycles. The number of methoxy groups -OCH3 is 1. The molecule has 0 bridgehead atoms. The number of carbonyl (C=O) groups is 1. The molecule has 0 fully saturated rings. The molecule has 0 amide bonds. The van der Waals surface area contributed by atoms with Gasteiger partial charge >= 0.3 is 5.97 Å². The van der Waals surface area contributed by atoms with Crippen molar-refractivity contribution in [2.75, 3.05) is 20.3 Å². The Labute approximate surface area is 127 Å². The predicted molar refractivity (Wildman–Crippen MR) is 82.1 cm³/mol. The molecule has 1 heterocycles. The molecule has 0 saturated carbocycles. The summed E-state index contributed by atoms with van der Waals surface area (Å²) in [5, 5.41) is 3.33. The third kappa shape index (κ3) is 6.12. The zero-order chi connectivity index (χ0) is 15.9. The number of aromatic nitrogens is 1. The first-order valence-corrected chi connectivity index (χ1v) is 7.22. The first-order chi connectivity index (χ1) is 9.85. The zero-order valence-corrected chi connectivity index (χ0v) is 13.6. The van der Waals surface area contributed by atoms with Gasteiger partial charge in [-0.2, -0.15) is 0 Å². The molecular formula is C16H26N2O3. The van der Waals surface area contributed by atoms with E-state index in [2.05, 4.69) is 24.1 Å². The molecule has 1 aromatic heterocycles. The second-order valence-electron chi connectivity index (χ2n) is 6.17. The quantitative estimate of drug-likeness (QED) is 0.746. The van der Waals surface area contributed by atoms with Crippen molar-refractivity contribution < 1.29 is 14.3 Å². The second kappa shape index (κ2) is 7.98. The van der Waals surface area contributed by atoms with Gasteiger partial charge in [-0.25, -0.2) is 0 Å². The molecule has 21 heavy (non-hydrogen) atoms. The number of carbonyl (C=O) groups excluding carboxylic acids is 1. The lowest BCUT2D eigenvalue weighted by Gasteiger charge is -2.21. The molecule has 0 aliphatic rings. The zero-order valence-electron chi connectivity index (χ0n) is 13.6. The predicted octanol–water partition coefficient (Wildman–Crippen LogP) is 2.41. The van der Waals surface area contributed by atoms with E-state index in [1.165, 1.54) is 7.11 Å². The van der Waals surface area contributed by atoms with Crippen LogP contribution in [0.3, 0.4) is 0 Å². The largest absolute Gasteiger partial charge is 0.491 e. The Morgan fingerprint density at radius 1 is 1.38 bits per heavy atom. The Hall–Kier alpha value is -1.62. The third-order valence-electron chi connectivity index (χ3n) is 2.99. The topological polar surface area (TPSA) is 60.5 Å². The molecule has 1 N–H and O–H groups in total. The van der Waals surface area contributed by atoms with Crippen LogP contribution in [-0.4, -0.2) is 31.2 Å². The molecule has 0 unspecified atom stereocenters. The summed E-state index contributed by atoms with van der Waals surface area (Å²) >= 11 is 0. The molecule has 0 aliphatic carbocycles. The molecule has 118 valence electrons. The highest BCUT2D eigenvalue weighted by Crippen LogP contribution is 2.19. The van der Waals surface area contributed by atoms with Crippen molar-refractivity contribution in [1.82, 2.24) is 10.3 Å². The van der Waals surface area contributed by atoms with Crippen LogP contribution in [0.5, 0.6) is 5.75 Å². The van der Waals surface area contributed by atoms with Crippen LogP contribution in [0.25, 0.3) is 0 Å². The summed E-state index contributed by atoms with van der Waals surface area (Å²) in [5.41, 5.74) is 0.293. The third-order valence-corrected chi connectivity index (χ3v) is 2.99. The Bertz CT molecular complexity index is 441. The highest BCUT2D eigenvalue weighted by atomic mass is 16.5. The monoisotopic (exact) mass is 294 g/mol. The summed E-state index contributed by atoms with van der Waals surface area (Å²) in [6.45, 7) is 9.87. The summed E-state index contributed by atoms with van der Waals surface area (Å²) in [6, 6.07) is 3.79. The summed E-state index contributed by atoms with van der Waals surface area (Å²) in [7, 11) is 1.38. The molecule has 0 aliphatic heterocycles. The number of hydrogen-bond acceptors (Lipinski definition) is 5. The molecule has 0 radical (unpaired) electrons. The maximum atomic E-state index is 11.6. The van der Waals surface area contributed by atoms with Crippen molar-refractivity contribution in [3.63, 3.8) is 0 Å². The van der Waals surface area contributed by atoms with Gasteiger partial charge in [0.15, 0.2) is 0 Å². The Morgan fingerprint density at radius 3 is 2.62 bits per heavy atom. The van der Waals surface area contributed by atoms with Gasteiger partial charge in [0.2, 0.25) is 0 Å². The van der Waals surface area contributed by atoms with Crippen LogP contribution in [0.1, 0.15) is 33.4 Å². The van der Waals surface area contributed by atoms with Gasteiger partial charge in [0, 0.05) is 6.54 Å². The lowest BCUT2D eigenvalue weighted by molar-refractivity contribution is -0.152. The van der Waals surface area contributed by atoms with Gasteiger partial charge in [0.05, 0.1) is 24.4 Å². The number of rotatable bonds is 8. The van der Waals surface area contributed by atoms with E-state index in [0.29, 0.717) is 11.7 Å². The molecule has 0 saturated heterocycles. The molecule has 1 rings (SSSR count). The number of hydrogen-bond donors (Lipinski definition) is 1. The van der Waals surface area contributed by atoms with E-state index in [-0.39, 0.29) is 12.6 Å². The van der Waals surface area contributed by atoms with Gasteiger partial charge in [-0.3, -0.25) is 9.78 Å². The fourth-order valence-electron chi connectivity index (χ4n) is 1.69. The highest BCUT2D eigenvalue weighted by Gasteiger charge is 2.29. The first kappa shape index (κ1) is 17.4. The minimum atomic E-state index is -0.674. The van der Waals surface area contributed by atoms with E-state index < -0.39 is 5.41 Å². The van der Waals surface area contributed by atoms with Crippen molar-refractivity contribution in [3.8, 4) is 5.75 Å². The average molecular weight is 294 g/mol. The van der Waals surface area contributed by atoms with Gasteiger partial charge in [0.1, 0.15) is 12.4 Å². The Kier molecular flexibility index (Phi) is 6.62. The van der Waals surface area contributed by atoms with Gasteiger partial charge in [-0.1, -0.05) is 13.8 Å². The lowest BCUT2D eigenvalue weighted by atomic mass is 9.95. The smallest absolute Gasteiger partial charge is 0.314 e. The molecule has 0 atom stereocenters. The maximum Gasteiger partial charge on any atom is 0.314 e. The van der Waals surface area contributed by atoms with E-state index >= 15 is 0 Å². The van der Waals surface area contributed by atoms with Crippen molar-refractivity contribution in [2.45, 2.75) is 34.2 Å². The van der Waals surface area contributed by atoms with Crippen LogP contribution in [0.2, 0.25) is 0 Å². The minimum Gasteiger partial charge on any atom is -0.491 e. The highest BCUT2D eigenvalue weighted by molar-refractivity contribution is 5.75. The van der Waals surface area contributed by atoms with Gasteiger partial charge < -0.3 is 14.8 Å². The van der Waals surface area contributed by atoms with E-state index in [0.717, 1.165) is 18.8 Å². The number of nitrogens with one attached hydrogen (secondary N) is 1. The van der Waals surface area contributed by atoms with Gasteiger partial charge in [-0.15, -0.1) is 0 Å². The van der Waals surface area contributed by atoms with Crippen LogP contribution in [0.15, 0.2) is 18.3 Å². The molecule has 0 spiro atoms. The molecule has 5 heteroatoms. The number of pyridine rings is 1. The van der Waals surface area contributed by atoms with E-state index in [4.69, 9.17) is 9.47 Å². The van der Waals surface area contributed by atoms with Crippen LogP contribution in [0, 0.1) is 11.3 Å². The standard InChI is InChI=1S/C16H26N2O3/c1-12(2)8-17-9-13-6-7-14(10-18-13)21-11-16(3,4)15(19)20-5/h6-7,10,12,17H,8-9,11H2,1-5H3. The summed E-state index contributed by atoms with van der Waals surface area (Å²) in [5.74, 6) is 0.984. The van der Waals surface area contributed by atoms with Gasteiger partial charge in [0.25, 0.3) is 0 Å². The normalized spacial score (nSPS) is 11.5. The molecule has 5 nitrogen and oxygen atoms in total. The average Bonchev–Trinajstić information content (AvgIpc) is 2.45. The number of ether oxygens (including phenoxy) is 2. The minimum absolute atomic E-state index is 0.256. The fourth-order valence-corrected chi connectivity index (χ4v) is 1.69. The SMILES string of the molecule is COC(=O)C(C)(C)COc1ccc(CNCC(C)C)nc1. The first-order valence-electron chi connectivity index (χ1n) is 7.22. The number of nitrogens with zero attached hydrogens (tertiary/aromatic N) is 1. The summed E-state index contributed by atoms with van der Waals surface area (Å²) < 4.78 is 10.4.